The van der Waals surface area contributed by atoms with Crippen molar-refractivity contribution in [2.75, 3.05) is 10.6 Å². The van der Waals surface area contributed by atoms with Crippen LogP contribution in [0.15, 0.2) is 267 Å². The second-order valence-corrected chi connectivity index (χ2v) is 17.5. The van der Waals surface area contributed by atoms with Gasteiger partial charge in [-0.3, -0.25) is 0 Å². The van der Waals surface area contributed by atoms with Crippen LogP contribution in [0.2, 0.25) is 0 Å². The van der Waals surface area contributed by atoms with Crippen molar-refractivity contribution in [2.24, 2.45) is 0 Å². The molecular formula is C66H46N2. The predicted octanol–water partition coefficient (Wildman–Crippen LogP) is 18.5. The van der Waals surface area contributed by atoms with E-state index in [1.165, 1.54) is 72.3 Å². The Kier molecular flexibility index (Phi) is 10.6. The highest BCUT2D eigenvalue weighted by molar-refractivity contribution is 5.97. The van der Waals surface area contributed by atoms with Gasteiger partial charge in [0.15, 0.2) is 0 Å². The van der Waals surface area contributed by atoms with Gasteiger partial charge in [0.2, 0.25) is 0 Å². The van der Waals surface area contributed by atoms with Crippen LogP contribution in [0.5, 0.6) is 0 Å². The molecule has 0 spiro atoms. The Bertz CT molecular complexity index is 3580. The molecule has 0 saturated carbocycles. The maximum Gasteiger partial charge on any atom is 0.0464 e. The maximum atomic E-state index is 3.90. The molecule has 0 amide bonds. The number of rotatable bonds is 8. The summed E-state index contributed by atoms with van der Waals surface area (Å²) in [5.41, 5.74) is 25.5. The average Bonchev–Trinajstić information content (AvgIpc) is 3.42. The van der Waals surface area contributed by atoms with Crippen molar-refractivity contribution < 1.29 is 0 Å². The molecule has 12 rings (SSSR count). The van der Waals surface area contributed by atoms with Crippen molar-refractivity contribution in [3.63, 3.8) is 0 Å². The summed E-state index contributed by atoms with van der Waals surface area (Å²) in [4.78, 5) is 0. The second kappa shape index (κ2) is 17.8. The molecule has 0 saturated heterocycles. The van der Waals surface area contributed by atoms with Crippen LogP contribution in [-0.4, -0.2) is 0 Å². The van der Waals surface area contributed by atoms with Gasteiger partial charge in [-0.2, -0.15) is 0 Å². The summed E-state index contributed by atoms with van der Waals surface area (Å²) in [6.07, 6.45) is 0. The molecule has 11 aromatic carbocycles. The molecule has 1 aliphatic rings. The van der Waals surface area contributed by atoms with Gasteiger partial charge in [-0.05, 0) is 138 Å². The first-order valence-corrected chi connectivity index (χ1v) is 23.3. The summed E-state index contributed by atoms with van der Waals surface area (Å²) in [6.45, 7) is 0. The van der Waals surface area contributed by atoms with Gasteiger partial charge >= 0.3 is 0 Å². The van der Waals surface area contributed by atoms with Crippen molar-refractivity contribution in [3.8, 4) is 100 Å². The van der Waals surface area contributed by atoms with Gasteiger partial charge in [0.1, 0.15) is 0 Å². The third-order valence-electron chi connectivity index (χ3n) is 13.2. The number of benzene rings is 11. The zero-order valence-electron chi connectivity index (χ0n) is 37.4. The van der Waals surface area contributed by atoms with E-state index in [1.54, 1.807) is 0 Å². The van der Waals surface area contributed by atoms with E-state index < -0.39 is 0 Å². The number of fused-ring (bicyclic) bond motifs is 8. The molecule has 320 valence electrons. The van der Waals surface area contributed by atoms with Crippen molar-refractivity contribution in [1.82, 2.24) is 0 Å². The highest BCUT2D eigenvalue weighted by Crippen LogP contribution is 2.45. The summed E-state index contributed by atoms with van der Waals surface area (Å²) in [5, 5.41) is 7.68. The Morgan fingerprint density at radius 2 is 0.588 bits per heavy atom. The minimum Gasteiger partial charge on any atom is -0.355 e. The smallest absolute Gasteiger partial charge is 0.0464 e. The van der Waals surface area contributed by atoms with E-state index in [0.717, 1.165) is 50.6 Å². The first-order chi connectivity index (χ1) is 33.7. The fraction of sp³-hybridized carbons (Fsp3) is 0. The number of hydrogen-bond donors (Lipinski definition) is 2. The van der Waals surface area contributed by atoms with Gasteiger partial charge in [0.25, 0.3) is 0 Å². The Balaban J connectivity index is 0.854. The molecule has 2 nitrogen and oxygen atoms in total. The first kappa shape index (κ1) is 40.5. The quantitative estimate of drug-likeness (QED) is 0.159. The second-order valence-electron chi connectivity index (χ2n) is 17.5. The zero-order chi connectivity index (χ0) is 45.2. The fourth-order valence-corrected chi connectivity index (χ4v) is 9.69. The lowest BCUT2D eigenvalue weighted by Gasteiger charge is -2.22. The summed E-state index contributed by atoms with van der Waals surface area (Å²) < 4.78 is 0. The summed E-state index contributed by atoms with van der Waals surface area (Å²) in [5.74, 6) is 0. The van der Waals surface area contributed by atoms with Crippen LogP contribution in [0, 0.1) is 0 Å². The lowest BCUT2D eigenvalue weighted by Crippen LogP contribution is -1.99. The van der Waals surface area contributed by atoms with E-state index in [-0.39, 0.29) is 0 Å². The first-order valence-electron chi connectivity index (χ1n) is 23.3. The van der Waals surface area contributed by atoms with E-state index >= 15 is 0 Å². The van der Waals surface area contributed by atoms with E-state index in [0.29, 0.717) is 0 Å². The number of nitrogens with one attached hydrogen (secondary N) is 2. The monoisotopic (exact) mass is 866 g/mol. The molecule has 2 heteroatoms. The molecule has 0 aromatic heterocycles. The SMILES string of the molecule is c1ccc(-c2ccc(-c3cccc(Nc4ccc(-c5ccc(-c6ccc7c(c6)-c6cccc(c6)-c6ccccc6-c6cc(-c8ccccc8)ccc6N7)cc5)cc4-c4ccccc4)c3)cc2)cc1. The Morgan fingerprint density at radius 3 is 1.21 bits per heavy atom. The molecule has 11 aromatic rings. The average molecular weight is 867 g/mol. The lowest BCUT2D eigenvalue weighted by atomic mass is 9.88. The largest absolute Gasteiger partial charge is 0.355 e. The minimum absolute atomic E-state index is 1.04. The van der Waals surface area contributed by atoms with Crippen LogP contribution < -0.4 is 10.6 Å². The minimum atomic E-state index is 1.04. The van der Waals surface area contributed by atoms with Crippen LogP contribution in [0.3, 0.4) is 0 Å². The van der Waals surface area contributed by atoms with Crippen LogP contribution in [0.25, 0.3) is 100 Å². The number of anilines is 4. The van der Waals surface area contributed by atoms with Crippen LogP contribution in [-0.2, 0) is 0 Å². The fourth-order valence-electron chi connectivity index (χ4n) is 9.69. The van der Waals surface area contributed by atoms with E-state index in [2.05, 4.69) is 278 Å². The lowest BCUT2D eigenvalue weighted by molar-refractivity contribution is 1.49. The van der Waals surface area contributed by atoms with Crippen LogP contribution in [0.4, 0.5) is 22.7 Å². The van der Waals surface area contributed by atoms with Gasteiger partial charge in [0, 0.05) is 39.4 Å². The molecule has 2 N–H and O–H groups in total. The highest BCUT2D eigenvalue weighted by Gasteiger charge is 2.19. The predicted molar refractivity (Wildman–Crippen MR) is 288 cm³/mol. The Hall–Kier alpha value is -8.98. The van der Waals surface area contributed by atoms with Crippen molar-refractivity contribution in [1.29, 1.82) is 0 Å². The van der Waals surface area contributed by atoms with Crippen LogP contribution >= 0.6 is 0 Å². The normalized spacial score (nSPS) is 11.4. The molecule has 2 bridgehead atoms. The Labute approximate surface area is 398 Å². The molecule has 68 heavy (non-hydrogen) atoms. The third-order valence-corrected chi connectivity index (χ3v) is 13.2. The molecule has 1 heterocycles. The van der Waals surface area contributed by atoms with Gasteiger partial charge < -0.3 is 10.6 Å². The van der Waals surface area contributed by atoms with Gasteiger partial charge in [0.05, 0.1) is 0 Å². The van der Waals surface area contributed by atoms with E-state index in [4.69, 9.17) is 0 Å². The Morgan fingerprint density at radius 1 is 0.206 bits per heavy atom. The van der Waals surface area contributed by atoms with E-state index in [9.17, 15) is 0 Å². The van der Waals surface area contributed by atoms with Crippen molar-refractivity contribution in [2.45, 2.75) is 0 Å². The van der Waals surface area contributed by atoms with Gasteiger partial charge in [-0.15, -0.1) is 0 Å². The maximum absolute atomic E-state index is 3.90. The standard InChI is InChI=1S/C66H46N2/c1-4-14-45(15-5-1)47-26-28-48(29-27-47)52-20-13-23-58(41-52)67-64-37-34-53(42-61(64)51-18-8-3-9-19-51)49-30-32-50(33-31-49)54-35-38-65-62(43-54)57-22-12-21-56(40-57)59-24-10-11-25-60(59)63-44-55(36-39-66(63)68-65)46-16-6-2-7-17-46/h1-44,67-68H. The van der Waals surface area contributed by atoms with E-state index in [1.807, 2.05) is 0 Å². The number of hydrogen-bond acceptors (Lipinski definition) is 2. The van der Waals surface area contributed by atoms with Gasteiger partial charge in [-0.25, -0.2) is 0 Å². The highest BCUT2D eigenvalue weighted by atomic mass is 14.9. The van der Waals surface area contributed by atoms with Gasteiger partial charge in [-0.1, -0.05) is 212 Å². The topological polar surface area (TPSA) is 24.1 Å². The van der Waals surface area contributed by atoms with Crippen LogP contribution in [0.1, 0.15) is 0 Å². The molecule has 0 unspecified atom stereocenters. The third kappa shape index (κ3) is 8.06. The summed E-state index contributed by atoms with van der Waals surface area (Å²) >= 11 is 0. The molecule has 0 fully saturated rings. The van der Waals surface area contributed by atoms with Crippen molar-refractivity contribution in [3.05, 3.63) is 267 Å². The zero-order valence-corrected chi connectivity index (χ0v) is 37.4. The summed E-state index contributed by atoms with van der Waals surface area (Å²) in [7, 11) is 0. The molecule has 0 aliphatic carbocycles. The molecule has 1 aliphatic heterocycles. The molecule has 0 atom stereocenters. The molecular weight excluding hydrogens is 821 g/mol. The molecule has 0 radical (unpaired) electrons. The van der Waals surface area contributed by atoms with Crippen molar-refractivity contribution >= 4 is 22.7 Å². The summed E-state index contributed by atoms with van der Waals surface area (Å²) in [6, 6.07) is 96.5.